The lowest BCUT2D eigenvalue weighted by molar-refractivity contribution is 0.444. The van der Waals surface area contributed by atoms with Crippen LogP contribution in [0.1, 0.15) is 0 Å². The van der Waals surface area contributed by atoms with Crippen LogP contribution in [-0.2, 0) is 0 Å². The molecule has 2 nitrogen and oxygen atoms in total. The Balaban J connectivity index is 3.24. The van der Waals surface area contributed by atoms with E-state index in [-0.39, 0.29) is 0 Å². The minimum Gasteiger partial charge on any atom is -0.540 e. The zero-order chi connectivity index (χ0) is 11.8. The Morgan fingerprint density at radius 2 is 1.67 bits per heavy atom. The van der Waals surface area contributed by atoms with Crippen molar-refractivity contribution in [2.45, 2.75) is 19.6 Å². The highest BCUT2D eigenvalue weighted by Crippen LogP contribution is 2.30. The van der Waals surface area contributed by atoms with Gasteiger partial charge in [0.15, 0.2) is 23.2 Å². The molecule has 0 aliphatic heterocycles. The van der Waals surface area contributed by atoms with Crippen LogP contribution in [0.4, 0.5) is 18.9 Å². The molecule has 0 radical (unpaired) electrons. The first-order valence-corrected chi connectivity index (χ1v) is 7.75. The van der Waals surface area contributed by atoms with Crippen molar-refractivity contribution in [3.05, 3.63) is 23.5 Å². The highest BCUT2D eigenvalue weighted by Gasteiger charge is 2.24. The number of nitrogens with two attached hydrogens (primary N) is 1. The second kappa shape index (κ2) is 3.77. The largest absolute Gasteiger partial charge is 0.540 e. The van der Waals surface area contributed by atoms with Crippen LogP contribution in [0.15, 0.2) is 6.07 Å². The molecule has 0 fully saturated rings. The Morgan fingerprint density at radius 1 is 1.13 bits per heavy atom. The molecule has 0 aliphatic rings. The van der Waals surface area contributed by atoms with Gasteiger partial charge in [0.1, 0.15) is 5.69 Å². The second-order valence-corrected chi connectivity index (χ2v) is 8.54. The summed E-state index contributed by atoms with van der Waals surface area (Å²) in [6.45, 7) is 5.27. The van der Waals surface area contributed by atoms with Crippen molar-refractivity contribution in [1.82, 2.24) is 0 Å². The molecule has 0 spiro atoms. The first-order valence-electron chi connectivity index (χ1n) is 4.34. The van der Waals surface area contributed by atoms with Gasteiger partial charge in [-0.05, 0) is 19.6 Å². The first kappa shape index (κ1) is 11.9. The molecule has 0 unspecified atom stereocenters. The van der Waals surface area contributed by atoms with Gasteiger partial charge in [0.25, 0.3) is 0 Å². The molecule has 0 aromatic heterocycles. The summed E-state index contributed by atoms with van der Waals surface area (Å²) in [5.41, 5.74) is 4.37. The molecule has 0 atom stereocenters. The fraction of sp³-hybridized carbons (Fsp3) is 0.333. The number of rotatable bonds is 2. The Morgan fingerprint density at radius 3 is 2.13 bits per heavy atom. The highest BCUT2D eigenvalue weighted by molar-refractivity contribution is 6.70. The lowest BCUT2D eigenvalue weighted by Gasteiger charge is -2.20. The van der Waals surface area contributed by atoms with Gasteiger partial charge in [-0.15, -0.1) is 0 Å². The molecule has 15 heavy (non-hydrogen) atoms. The average molecular weight is 235 g/mol. The molecule has 1 aromatic rings. The number of hydrogen-bond donors (Lipinski definition) is 1. The van der Waals surface area contributed by atoms with E-state index in [1.807, 2.05) is 0 Å². The van der Waals surface area contributed by atoms with E-state index < -0.39 is 37.2 Å². The summed E-state index contributed by atoms with van der Waals surface area (Å²) in [7, 11) is -2.16. The molecule has 1 aromatic carbocycles. The molecule has 1 rings (SSSR count). The van der Waals surface area contributed by atoms with Gasteiger partial charge in [0.05, 0.1) is 0 Å². The summed E-state index contributed by atoms with van der Waals surface area (Å²) in [6, 6.07) is 0.522. The van der Waals surface area contributed by atoms with E-state index in [1.165, 1.54) is 0 Å². The van der Waals surface area contributed by atoms with Crippen LogP contribution in [0, 0.1) is 17.5 Å². The van der Waals surface area contributed by atoms with Crippen molar-refractivity contribution in [3.63, 3.8) is 0 Å². The number of hydrogen-bond acceptors (Lipinski definition) is 2. The standard InChI is InChI=1S/C9H12F3NOSi/c1-15(2,3)14-9-6(11)4-5(10)8(13)7(9)12/h4H,13H2,1-3H3. The maximum Gasteiger partial charge on any atom is 0.242 e. The second-order valence-electron chi connectivity index (χ2n) is 4.11. The van der Waals surface area contributed by atoms with Crippen molar-refractivity contribution in [3.8, 4) is 5.75 Å². The summed E-state index contributed by atoms with van der Waals surface area (Å²) < 4.78 is 44.5. The molecular weight excluding hydrogens is 223 g/mol. The summed E-state index contributed by atoms with van der Waals surface area (Å²) in [5, 5.41) is 0. The quantitative estimate of drug-likeness (QED) is 0.632. The minimum absolute atomic E-state index is 0.522. The zero-order valence-electron chi connectivity index (χ0n) is 8.70. The number of halogens is 3. The van der Waals surface area contributed by atoms with Crippen LogP contribution in [0.25, 0.3) is 0 Å². The summed E-state index contributed by atoms with van der Waals surface area (Å²) >= 11 is 0. The fourth-order valence-electron chi connectivity index (χ4n) is 0.986. The van der Waals surface area contributed by atoms with E-state index in [9.17, 15) is 13.2 Å². The summed E-state index contributed by atoms with van der Waals surface area (Å²) in [4.78, 5) is 0. The lowest BCUT2D eigenvalue weighted by Crippen LogP contribution is -2.30. The zero-order valence-corrected chi connectivity index (χ0v) is 9.70. The van der Waals surface area contributed by atoms with E-state index in [0.29, 0.717) is 6.07 Å². The summed E-state index contributed by atoms with van der Waals surface area (Å²) in [5.74, 6) is -3.95. The van der Waals surface area contributed by atoms with Crippen LogP contribution in [0.3, 0.4) is 0 Å². The van der Waals surface area contributed by atoms with Gasteiger partial charge in [0.2, 0.25) is 8.32 Å². The van der Waals surface area contributed by atoms with E-state index in [1.54, 1.807) is 19.6 Å². The summed E-state index contributed by atoms with van der Waals surface area (Å²) in [6.07, 6.45) is 0. The van der Waals surface area contributed by atoms with Gasteiger partial charge in [0, 0.05) is 6.07 Å². The number of nitrogen functional groups attached to an aromatic ring is 1. The van der Waals surface area contributed by atoms with Gasteiger partial charge in [-0.2, -0.15) is 0 Å². The Kier molecular flexibility index (Phi) is 2.99. The van der Waals surface area contributed by atoms with Crippen molar-refractivity contribution < 1.29 is 17.6 Å². The van der Waals surface area contributed by atoms with Crippen LogP contribution >= 0.6 is 0 Å². The van der Waals surface area contributed by atoms with Crippen LogP contribution < -0.4 is 10.2 Å². The predicted molar refractivity (Wildman–Crippen MR) is 54.7 cm³/mol. The van der Waals surface area contributed by atoms with Crippen LogP contribution in [-0.4, -0.2) is 8.32 Å². The molecule has 0 heterocycles. The Hall–Kier alpha value is -1.17. The van der Waals surface area contributed by atoms with Gasteiger partial charge in [-0.25, -0.2) is 13.2 Å². The Labute approximate surface area is 87.0 Å². The molecule has 0 saturated heterocycles. The third-order valence-electron chi connectivity index (χ3n) is 1.57. The number of benzene rings is 1. The number of anilines is 1. The highest BCUT2D eigenvalue weighted by atomic mass is 28.4. The molecule has 0 amide bonds. The third-order valence-corrected chi connectivity index (χ3v) is 2.39. The third kappa shape index (κ3) is 2.65. The normalized spacial score (nSPS) is 11.6. The van der Waals surface area contributed by atoms with Crippen molar-refractivity contribution >= 4 is 14.0 Å². The molecule has 6 heteroatoms. The van der Waals surface area contributed by atoms with E-state index in [2.05, 4.69) is 0 Å². The molecular formula is C9H12F3NOSi. The predicted octanol–water partition coefficient (Wildman–Crippen LogP) is 2.90. The smallest absolute Gasteiger partial charge is 0.242 e. The molecule has 2 N–H and O–H groups in total. The Bertz CT molecular complexity index is 390. The maximum absolute atomic E-state index is 13.3. The molecule has 84 valence electrons. The van der Waals surface area contributed by atoms with E-state index in [0.717, 1.165) is 0 Å². The van der Waals surface area contributed by atoms with E-state index in [4.69, 9.17) is 10.2 Å². The maximum atomic E-state index is 13.3. The van der Waals surface area contributed by atoms with Crippen molar-refractivity contribution in [2.24, 2.45) is 0 Å². The minimum atomic E-state index is -2.16. The monoisotopic (exact) mass is 235 g/mol. The van der Waals surface area contributed by atoms with Crippen molar-refractivity contribution in [1.29, 1.82) is 0 Å². The fourth-order valence-corrected chi connectivity index (χ4v) is 1.79. The topological polar surface area (TPSA) is 35.2 Å². The first-order chi connectivity index (χ1) is 6.72. The lowest BCUT2D eigenvalue weighted by atomic mass is 10.2. The SMILES string of the molecule is C[Si](C)(C)Oc1c(F)cc(F)c(N)c1F. The molecule has 0 aliphatic carbocycles. The molecule has 0 bridgehead atoms. The average Bonchev–Trinajstić information content (AvgIpc) is 2.07. The van der Waals surface area contributed by atoms with Gasteiger partial charge in [-0.1, -0.05) is 0 Å². The van der Waals surface area contributed by atoms with Gasteiger partial charge >= 0.3 is 0 Å². The molecule has 0 saturated carbocycles. The van der Waals surface area contributed by atoms with E-state index >= 15 is 0 Å². The van der Waals surface area contributed by atoms with Crippen LogP contribution in [0.2, 0.25) is 19.6 Å². The van der Waals surface area contributed by atoms with Crippen LogP contribution in [0.5, 0.6) is 5.75 Å². The van der Waals surface area contributed by atoms with Gasteiger partial charge < -0.3 is 10.2 Å². The van der Waals surface area contributed by atoms with Gasteiger partial charge in [-0.3, -0.25) is 0 Å². The van der Waals surface area contributed by atoms with Crippen molar-refractivity contribution in [2.75, 3.05) is 5.73 Å².